The number of aliphatic hydroxyl groups is 4. The van der Waals surface area contributed by atoms with E-state index >= 15 is 0 Å². The summed E-state index contributed by atoms with van der Waals surface area (Å²) in [4.78, 5) is 24.6. The fourth-order valence-corrected chi connectivity index (χ4v) is 4.40. The van der Waals surface area contributed by atoms with E-state index in [9.17, 15) is 30.0 Å². The summed E-state index contributed by atoms with van der Waals surface area (Å²) in [5, 5.41) is 46.9. The number of carbonyl (C=O) groups is 2. The number of ether oxygens (including phenoxy) is 4. The number of rotatable bonds is 12. The minimum absolute atomic E-state index is 0.378. The summed E-state index contributed by atoms with van der Waals surface area (Å²) in [5.74, 6) is -0.968. The minimum Gasteiger partial charge on any atom is -0.394 e. The topological polar surface area (TPSA) is 202 Å². The van der Waals surface area contributed by atoms with Crippen LogP contribution in [-0.4, -0.2) is 120 Å². The van der Waals surface area contributed by atoms with Gasteiger partial charge in [0.1, 0.15) is 36.6 Å². The van der Waals surface area contributed by atoms with Crippen molar-refractivity contribution < 1.29 is 49.0 Å². The summed E-state index contributed by atoms with van der Waals surface area (Å²) >= 11 is 0. The molecule has 0 radical (unpaired) electrons. The van der Waals surface area contributed by atoms with E-state index in [0.29, 0.717) is 13.1 Å². The van der Waals surface area contributed by atoms with Crippen LogP contribution in [0.1, 0.15) is 39.5 Å². The number of nitrogens with one attached hydrogen (secondary N) is 2. The summed E-state index contributed by atoms with van der Waals surface area (Å²) in [7, 11) is 1.28. The van der Waals surface area contributed by atoms with Crippen molar-refractivity contribution in [2.45, 2.75) is 101 Å². The highest BCUT2D eigenvalue weighted by molar-refractivity contribution is 5.81. The first-order valence-corrected chi connectivity index (χ1v) is 12.0. The number of amides is 2. The number of methoxy groups -OCH3 is 1. The maximum atomic E-state index is 12.8. The van der Waals surface area contributed by atoms with E-state index in [1.165, 1.54) is 14.0 Å². The van der Waals surface area contributed by atoms with Crippen molar-refractivity contribution in [3.05, 3.63) is 0 Å². The molecule has 0 bridgehead atoms. The molecule has 204 valence electrons. The van der Waals surface area contributed by atoms with Crippen LogP contribution >= 0.6 is 0 Å². The van der Waals surface area contributed by atoms with Crippen LogP contribution in [0, 0.1) is 0 Å². The number of unbranched alkanes of at least 4 members (excludes halogenated alkanes) is 3. The molecule has 4 unspecified atom stereocenters. The van der Waals surface area contributed by atoms with E-state index in [4.69, 9.17) is 24.7 Å². The van der Waals surface area contributed by atoms with Gasteiger partial charge in [-0.25, -0.2) is 0 Å². The van der Waals surface area contributed by atoms with Crippen molar-refractivity contribution in [2.75, 3.05) is 26.8 Å². The summed E-state index contributed by atoms with van der Waals surface area (Å²) < 4.78 is 22.4. The van der Waals surface area contributed by atoms with Gasteiger partial charge in [-0.05, 0) is 26.3 Å². The zero-order chi connectivity index (χ0) is 26.1. The Kier molecular flexibility index (Phi) is 12.2. The van der Waals surface area contributed by atoms with E-state index in [2.05, 4.69) is 10.6 Å². The monoisotopic (exact) mass is 507 g/mol. The number of nitrogens with two attached hydrogens (primary N) is 1. The fourth-order valence-electron chi connectivity index (χ4n) is 4.40. The Balaban J connectivity index is 2.13. The molecule has 13 nitrogen and oxygen atoms in total. The predicted octanol–water partition coefficient (Wildman–Crippen LogP) is -2.89. The number of aliphatic hydroxyl groups excluding tert-OH is 4. The molecule has 2 amide bonds. The predicted molar refractivity (Wildman–Crippen MR) is 122 cm³/mol. The minimum atomic E-state index is -1.63. The van der Waals surface area contributed by atoms with E-state index < -0.39 is 79.6 Å². The molecule has 10 atom stereocenters. The average molecular weight is 508 g/mol. The van der Waals surface area contributed by atoms with Crippen LogP contribution in [-0.2, 0) is 28.5 Å². The highest BCUT2D eigenvalue weighted by Crippen LogP contribution is 2.30. The Hall–Kier alpha value is -1.42. The lowest BCUT2D eigenvalue weighted by Gasteiger charge is -2.47. The van der Waals surface area contributed by atoms with Crippen molar-refractivity contribution in [3.63, 3.8) is 0 Å². The SMILES string of the molecule is CO[C@@H]1C(C(=O)NCCCCCCN)O[C@@H](O[C@@H]2C(NC(C)=O)[C@H](C)OC(CO)[C@H]2O)C(O)[C@H]1O. The quantitative estimate of drug-likeness (QED) is 0.134. The van der Waals surface area contributed by atoms with E-state index in [1.807, 2.05) is 0 Å². The molecule has 0 aliphatic carbocycles. The molecular weight excluding hydrogens is 466 g/mol. The van der Waals surface area contributed by atoms with Crippen molar-refractivity contribution in [1.82, 2.24) is 10.6 Å². The highest BCUT2D eigenvalue weighted by Gasteiger charge is 2.52. The van der Waals surface area contributed by atoms with Crippen molar-refractivity contribution in [3.8, 4) is 0 Å². The Bertz CT molecular complexity index is 671. The first-order chi connectivity index (χ1) is 16.7. The largest absolute Gasteiger partial charge is 0.394 e. The number of hydrogen-bond acceptors (Lipinski definition) is 11. The van der Waals surface area contributed by atoms with Crippen LogP contribution in [0.4, 0.5) is 0 Å². The van der Waals surface area contributed by atoms with Gasteiger partial charge in [-0.3, -0.25) is 9.59 Å². The molecule has 0 aromatic carbocycles. The maximum Gasteiger partial charge on any atom is 0.252 e. The molecule has 0 aromatic heterocycles. The molecule has 8 N–H and O–H groups in total. The maximum absolute atomic E-state index is 12.8. The van der Waals surface area contributed by atoms with Crippen LogP contribution < -0.4 is 16.4 Å². The molecule has 2 rings (SSSR count). The fraction of sp³-hybridized carbons (Fsp3) is 0.909. The molecule has 2 aliphatic heterocycles. The first kappa shape index (κ1) is 29.8. The Morgan fingerprint density at radius 1 is 1.00 bits per heavy atom. The molecule has 0 spiro atoms. The van der Waals surface area contributed by atoms with Crippen molar-refractivity contribution in [2.24, 2.45) is 5.73 Å². The molecule has 0 saturated carbocycles. The molecule has 2 fully saturated rings. The number of carbonyl (C=O) groups excluding carboxylic acids is 2. The van der Waals surface area contributed by atoms with Crippen LogP contribution in [0.2, 0.25) is 0 Å². The van der Waals surface area contributed by atoms with Gasteiger partial charge in [0.05, 0.1) is 18.8 Å². The third-order valence-electron chi connectivity index (χ3n) is 6.31. The summed E-state index contributed by atoms with van der Waals surface area (Å²) in [6.07, 6.45) is -7.99. The number of hydrogen-bond donors (Lipinski definition) is 7. The van der Waals surface area contributed by atoms with E-state index in [0.717, 1.165) is 25.7 Å². The van der Waals surface area contributed by atoms with Gasteiger partial charge in [-0.15, -0.1) is 0 Å². The lowest BCUT2D eigenvalue weighted by atomic mass is 9.92. The summed E-state index contributed by atoms with van der Waals surface area (Å²) in [6.45, 7) is 3.38. The van der Waals surface area contributed by atoms with Crippen molar-refractivity contribution >= 4 is 11.8 Å². The van der Waals surface area contributed by atoms with Gasteiger partial charge in [0, 0.05) is 20.6 Å². The zero-order valence-corrected chi connectivity index (χ0v) is 20.5. The summed E-state index contributed by atoms with van der Waals surface area (Å²) in [5.41, 5.74) is 5.48. The second kappa shape index (κ2) is 14.4. The van der Waals surface area contributed by atoms with Gasteiger partial charge < -0.3 is 55.7 Å². The smallest absolute Gasteiger partial charge is 0.252 e. The molecule has 2 heterocycles. The third-order valence-corrected chi connectivity index (χ3v) is 6.31. The average Bonchev–Trinajstić information content (AvgIpc) is 2.82. The lowest BCUT2D eigenvalue weighted by Crippen LogP contribution is -2.68. The van der Waals surface area contributed by atoms with Gasteiger partial charge in [0.2, 0.25) is 5.91 Å². The van der Waals surface area contributed by atoms with Gasteiger partial charge in [-0.2, -0.15) is 0 Å². The normalized spacial score (nSPS) is 37.6. The molecule has 35 heavy (non-hydrogen) atoms. The molecule has 13 heteroatoms. The Morgan fingerprint density at radius 2 is 1.69 bits per heavy atom. The van der Waals surface area contributed by atoms with E-state index in [1.54, 1.807) is 6.92 Å². The van der Waals surface area contributed by atoms with Gasteiger partial charge in [0.25, 0.3) is 5.91 Å². The molecule has 2 aliphatic rings. The first-order valence-electron chi connectivity index (χ1n) is 12.0. The second-order valence-corrected chi connectivity index (χ2v) is 8.98. The summed E-state index contributed by atoms with van der Waals surface area (Å²) in [6, 6.07) is -0.862. The zero-order valence-electron chi connectivity index (χ0n) is 20.5. The van der Waals surface area contributed by atoms with Gasteiger partial charge in [-0.1, -0.05) is 12.8 Å². The van der Waals surface area contributed by atoms with E-state index in [-0.39, 0.29) is 0 Å². The van der Waals surface area contributed by atoms with Crippen molar-refractivity contribution in [1.29, 1.82) is 0 Å². The third kappa shape index (κ3) is 7.78. The Morgan fingerprint density at radius 3 is 2.29 bits per heavy atom. The van der Waals surface area contributed by atoms with Gasteiger partial charge in [0.15, 0.2) is 12.4 Å². The second-order valence-electron chi connectivity index (χ2n) is 8.98. The van der Waals surface area contributed by atoms with Crippen LogP contribution in [0.3, 0.4) is 0 Å². The van der Waals surface area contributed by atoms with Gasteiger partial charge >= 0.3 is 0 Å². The standard InChI is InChI=1S/C22H41N3O10/c1-11-14(25-12(2)27)18(15(28)13(10-26)33-11)34-22-17(30)16(29)19(32-3)20(35-22)21(31)24-9-7-5-4-6-8-23/h11,13-20,22,26,28-30H,4-10,23H2,1-3H3,(H,24,31)(H,25,27)/t11-,13?,14?,15+,16+,17?,18+,19-,20?,22+/m0/s1. The van der Waals surface area contributed by atoms with Crippen LogP contribution in [0.5, 0.6) is 0 Å². The highest BCUT2D eigenvalue weighted by atomic mass is 16.7. The lowest BCUT2D eigenvalue weighted by molar-refractivity contribution is -0.325. The van der Waals surface area contributed by atoms with Crippen LogP contribution in [0.25, 0.3) is 0 Å². The molecular formula is C22H41N3O10. The Labute approximate surface area is 205 Å². The van der Waals surface area contributed by atoms with Crippen LogP contribution in [0.15, 0.2) is 0 Å². The molecule has 2 saturated heterocycles. The molecule has 0 aromatic rings.